The van der Waals surface area contributed by atoms with Crippen molar-refractivity contribution in [1.82, 2.24) is 9.78 Å². The van der Waals surface area contributed by atoms with Crippen LogP contribution in [-0.2, 0) is 23.4 Å². The van der Waals surface area contributed by atoms with Crippen LogP contribution in [0.15, 0.2) is 41.4 Å². The van der Waals surface area contributed by atoms with Gasteiger partial charge in [0, 0.05) is 18.9 Å². The number of aryl methyl sites for hydroxylation is 1. The van der Waals surface area contributed by atoms with Crippen molar-refractivity contribution < 1.29 is 21.6 Å². The number of halogens is 3. The number of nitrogens with zero attached hydrogens (tertiary/aromatic N) is 2. The quantitative estimate of drug-likeness (QED) is 0.939. The van der Waals surface area contributed by atoms with E-state index >= 15 is 0 Å². The summed E-state index contributed by atoms with van der Waals surface area (Å²) in [4.78, 5) is -0.777. The molecule has 0 aliphatic rings. The lowest BCUT2D eigenvalue weighted by Gasteiger charge is -2.10. The standard InChI is InChI=1S/C12H12F3N3O2S/c1-18-10(6-7-17-18)8-16-9-2-4-11(5-3-9)21(19,20)12(13,14)15/h2-7,16H,8H2,1H3. The molecular formula is C12H12F3N3O2S. The number of sulfone groups is 1. The molecule has 114 valence electrons. The lowest BCUT2D eigenvalue weighted by molar-refractivity contribution is -0.0436. The number of hydrogen-bond acceptors (Lipinski definition) is 4. The van der Waals surface area contributed by atoms with Gasteiger partial charge in [0.05, 0.1) is 17.1 Å². The first-order chi connectivity index (χ1) is 9.72. The Kier molecular flexibility index (Phi) is 3.95. The van der Waals surface area contributed by atoms with Gasteiger partial charge in [-0.2, -0.15) is 18.3 Å². The Hall–Kier alpha value is -2.03. The number of aromatic nitrogens is 2. The second-order valence-corrected chi connectivity index (χ2v) is 6.21. The molecule has 0 amide bonds. The van der Waals surface area contributed by atoms with Crippen molar-refractivity contribution in [1.29, 1.82) is 0 Å². The molecule has 0 unspecified atom stereocenters. The molecule has 9 heteroatoms. The van der Waals surface area contributed by atoms with Gasteiger partial charge < -0.3 is 5.32 Å². The van der Waals surface area contributed by atoms with Crippen molar-refractivity contribution in [2.45, 2.75) is 16.9 Å². The summed E-state index contributed by atoms with van der Waals surface area (Å²) in [5.74, 6) is 0. The molecule has 0 spiro atoms. The minimum Gasteiger partial charge on any atom is -0.379 e. The summed E-state index contributed by atoms with van der Waals surface area (Å²) >= 11 is 0. The molecule has 1 N–H and O–H groups in total. The highest BCUT2D eigenvalue weighted by Crippen LogP contribution is 2.30. The summed E-state index contributed by atoms with van der Waals surface area (Å²) in [5, 5.41) is 6.94. The molecule has 0 atom stereocenters. The van der Waals surface area contributed by atoms with E-state index < -0.39 is 20.2 Å². The molecule has 0 aliphatic carbocycles. The molecule has 1 aromatic heterocycles. The normalized spacial score (nSPS) is 12.4. The molecule has 2 aromatic rings. The lowest BCUT2D eigenvalue weighted by atomic mass is 10.3. The van der Waals surface area contributed by atoms with Gasteiger partial charge in [-0.25, -0.2) is 8.42 Å². The molecule has 2 rings (SSSR count). The number of alkyl halides is 3. The van der Waals surface area contributed by atoms with Crippen LogP contribution in [0.1, 0.15) is 5.69 Å². The van der Waals surface area contributed by atoms with Crippen LogP contribution in [0.5, 0.6) is 0 Å². The van der Waals surface area contributed by atoms with Crippen LogP contribution in [0.2, 0.25) is 0 Å². The largest absolute Gasteiger partial charge is 0.501 e. The Bertz CT molecular complexity index is 721. The van der Waals surface area contributed by atoms with E-state index in [1.54, 1.807) is 24.0 Å². The van der Waals surface area contributed by atoms with Crippen molar-refractivity contribution in [3.05, 3.63) is 42.2 Å². The van der Waals surface area contributed by atoms with Gasteiger partial charge in [-0.3, -0.25) is 4.68 Å². The number of hydrogen-bond donors (Lipinski definition) is 1. The van der Waals surface area contributed by atoms with Crippen molar-refractivity contribution >= 4 is 15.5 Å². The molecule has 5 nitrogen and oxygen atoms in total. The third kappa shape index (κ3) is 3.18. The molecule has 0 radical (unpaired) electrons. The average molecular weight is 319 g/mol. The topological polar surface area (TPSA) is 64.0 Å². The highest BCUT2D eigenvalue weighted by Gasteiger charge is 2.46. The Morgan fingerprint density at radius 1 is 1.19 bits per heavy atom. The van der Waals surface area contributed by atoms with Gasteiger partial charge in [0.15, 0.2) is 0 Å². The summed E-state index contributed by atoms with van der Waals surface area (Å²) in [6, 6.07) is 6.21. The van der Waals surface area contributed by atoms with Gasteiger partial charge in [0.1, 0.15) is 0 Å². The highest BCUT2D eigenvalue weighted by molar-refractivity contribution is 7.92. The zero-order chi connectivity index (χ0) is 15.7. The Balaban J connectivity index is 2.11. The Morgan fingerprint density at radius 2 is 1.81 bits per heavy atom. The molecule has 21 heavy (non-hydrogen) atoms. The summed E-state index contributed by atoms with van der Waals surface area (Å²) in [5.41, 5.74) is -3.91. The van der Waals surface area contributed by atoms with Crippen LogP contribution in [0, 0.1) is 0 Å². The smallest absolute Gasteiger partial charge is 0.379 e. The van der Waals surface area contributed by atoms with Gasteiger partial charge in [0.25, 0.3) is 9.84 Å². The maximum Gasteiger partial charge on any atom is 0.501 e. The van der Waals surface area contributed by atoms with Crippen molar-refractivity contribution in [3.63, 3.8) is 0 Å². The third-order valence-corrected chi connectivity index (χ3v) is 4.37. The van der Waals surface area contributed by atoms with Gasteiger partial charge >= 0.3 is 5.51 Å². The van der Waals surface area contributed by atoms with Gasteiger partial charge in [-0.1, -0.05) is 0 Å². The number of anilines is 1. The summed E-state index contributed by atoms with van der Waals surface area (Å²) in [6.07, 6.45) is 1.62. The fraction of sp³-hybridized carbons (Fsp3) is 0.250. The summed E-state index contributed by atoms with van der Waals surface area (Å²) in [7, 11) is -3.54. The van der Waals surface area contributed by atoms with Crippen LogP contribution in [0.4, 0.5) is 18.9 Å². The van der Waals surface area contributed by atoms with E-state index in [9.17, 15) is 21.6 Å². The average Bonchev–Trinajstić information content (AvgIpc) is 2.81. The fourth-order valence-electron chi connectivity index (χ4n) is 1.65. The van der Waals surface area contributed by atoms with E-state index in [-0.39, 0.29) is 0 Å². The van der Waals surface area contributed by atoms with Gasteiger partial charge in [-0.15, -0.1) is 0 Å². The molecule has 1 aromatic carbocycles. The predicted octanol–water partition coefficient (Wildman–Crippen LogP) is 2.33. The first-order valence-corrected chi connectivity index (χ1v) is 7.32. The predicted molar refractivity (Wildman–Crippen MR) is 70.2 cm³/mol. The van der Waals surface area contributed by atoms with Crippen LogP contribution in [0.25, 0.3) is 0 Å². The molecule has 0 bridgehead atoms. The molecule has 0 aliphatic heterocycles. The van der Waals surface area contributed by atoms with E-state index in [0.29, 0.717) is 12.2 Å². The number of rotatable bonds is 4. The molecule has 0 saturated heterocycles. The van der Waals surface area contributed by atoms with Gasteiger partial charge in [0.2, 0.25) is 0 Å². The minimum atomic E-state index is -5.30. The van der Waals surface area contributed by atoms with Crippen LogP contribution in [-0.4, -0.2) is 23.7 Å². The van der Waals surface area contributed by atoms with Crippen LogP contribution in [0.3, 0.4) is 0 Å². The number of nitrogens with one attached hydrogen (secondary N) is 1. The fourth-order valence-corrected chi connectivity index (χ4v) is 2.41. The van der Waals surface area contributed by atoms with E-state index in [1.165, 1.54) is 12.1 Å². The second kappa shape index (κ2) is 5.40. The highest BCUT2D eigenvalue weighted by atomic mass is 32.2. The molecule has 1 heterocycles. The van der Waals surface area contributed by atoms with E-state index in [1.807, 2.05) is 0 Å². The monoisotopic (exact) mass is 319 g/mol. The molecule has 0 saturated carbocycles. The number of benzene rings is 1. The van der Waals surface area contributed by atoms with E-state index in [2.05, 4.69) is 10.4 Å². The zero-order valence-corrected chi connectivity index (χ0v) is 11.7. The Labute approximate surface area is 119 Å². The molecule has 0 fully saturated rings. The first kappa shape index (κ1) is 15.4. The summed E-state index contributed by atoms with van der Waals surface area (Å²) < 4.78 is 61.2. The summed E-state index contributed by atoms with van der Waals surface area (Å²) in [6.45, 7) is 0.419. The Morgan fingerprint density at radius 3 is 2.29 bits per heavy atom. The van der Waals surface area contributed by atoms with Crippen molar-refractivity contribution in [2.75, 3.05) is 5.32 Å². The third-order valence-electron chi connectivity index (χ3n) is 2.87. The minimum absolute atomic E-state index is 0.419. The van der Waals surface area contributed by atoms with Crippen LogP contribution >= 0.6 is 0 Å². The van der Waals surface area contributed by atoms with Crippen LogP contribution < -0.4 is 5.32 Å². The SMILES string of the molecule is Cn1nccc1CNc1ccc(S(=O)(=O)C(F)(F)F)cc1. The molecular weight excluding hydrogens is 307 g/mol. The van der Waals surface area contributed by atoms with Crippen molar-refractivity contribution in [2.24, 2.45) is 7.05 Å². The second-order valence-electron chi connectivity index (χ2n) is 4.27. The lowest BCUT2D eigenvalue weighted by Crippen LogP contribution is -2.23. The van der Waals surface area contributed by atoms with E-state index in [4.69, 9.17) is 0 Å². The maximum atomic E-state index is 12.4. The van der Waals surface area contributed by atoms with Gasteiger partial charge in [-0.05, 0) is 30.3 Å². The first-order valence-electron chi connectivity index (χ1n) is 5.84. The van der Waals surface area contributed by atoms with Crippen molar-refractivity contribution in [3.8, 4) is 0 Å². The maximum absolute atomic E-state index is 12.4. The zero-order valence-electron chi connectivity index (χ0n) is 10.9. The van der Waals surface area contributed by atoms with E-state index in [0.717, 1.165) is 17.8 Å².